The van der Waals surface area contributed by atoms with E-state index in [9.17, 15) is 19.3 Å². The van der Waals surface area contributed by atoms with Crippen molar-refractivity contribution in [3.05, 3.63) is 70.3 Å². The number of carbonyl (C=O) groups is 1. The predicted molar refractivity (Wildman–Crippen MR) is 125 cm³/mol. The van der Waals surface area contributed by atoms with Crippen molar-refractivity contribution < 1.29 is 28.3 Å². The van der Waals surface area contributed by atoms with E-state index in [4.69, 9.17) is 14.2 Å². The molecule has 0 fully saturated rings. The van der Waals surface area contributed by atoms with Crippen molar-refractivity contribution >= 4 is 11.7 Å². The maximum Gasteiger partial charge on any atom is 0.346 e. The molecule has 0 spiro atoms. The number of para-hydroxylation sites is 1. The molecule has 1 aliphatic heterocycles. The summed E-state index contributed by atoms with van der Waals surface area (Å²) < 4.78 is 30.2. The number of rotatable bonds is 11. The number of allylic oxidation sites excluding steroid dienone is 3. The van der Waals surface area contributed by atoms with Gasteiger partial charge in [-0.25, -0.2) is 0 Å². The van der Waals surface area contributed by atoms with Crippen LogP contribution in [0.15, 0.2) is 54.3 Å². The Hall–Kier alpha value is -3.16. The number of nitrogens with zero attached hydrogens (tertiary/aromatic N) is 1. The zero-order valence-corrected chi connectivity index (χ0v) is 19.8. The first-order chi connectivity index (χ1) is 15.8. The summed E-state index contributed by atoms with van der Waals surface area (Å²) in [7, 11) is 0. The zero-order chi connectivity index (χ0) is 24.8. The van der Waals surface area contributed by atoms with Gasteiger partial charge in [-0.3, -0.25) is 14.9 Å². The van der Waals surface area contributed by atoms with Crippen molar-refractivity contribution in [3.63, 3.8) is 0 Å². The van der Waals surface area contributed by atoms with Gasteiger partial charge in [-0.15, -0.1) is 0 Å². The van der Waals surface area contributed by atoms with Crippen LogP contribution in [0.3, 0.4) is 0 Å². The summed E-state index contributed by atoms with van der Waals surface area (Å²) in [5.74, 6) is -0.521. The zero-order valence-electron chi connectivity index (χ0n) is 19.8. The Morgan fingerprint density at radius 1 is 1.36 bits per heavy atom. The lowest BCUT2D eigenvalue weighted by Crippen LogP contribution is -2.21. The number of carbonyl (C=O) groups excluding carboxylic acids is 1. The lowest BCUT2D eigenvalue weighted by Gasteiger charge is -2.27. The Morgan fingerprint density at radius 2 is 2.09 bits per heavy atom. The maximum absolute atomic E-state index is 13.6. The molecule has 0 N–H and O–H groups in total. The van der Waals surface area contributed by atoms with Gasteiger partial charge in [-0.05, 0) is 50.8 Å². The summed E-state index contributed by atoms with van der Waals surface area (Å²) in [5, 5.41) is 11.0. The number of nitro benzene ring substituents is 1. The summed E-state index contributed by atoms with van der Waals surface area (Å²) in [6.07, 6.45) is 8.04. The molecular weight excluding hydrogens is 429 g/mol. The van der Waals surface area contributed by atoms with E-state index in [0.717, 1.165) is 30.2 Å². The van der Waals surface area contributed by atoms with Crippen molar-refractivity contribution in [1.29, 1.82) is 0 Å². The normalized spacial score (nSPS) is 15.5. The van der Waals surface area contributed by atoms with Gasteiger partial charge in [0.25, 0.3) is 0 Å². The van der Waals surface area contributed by atoms with E-state index in [1.807, 2.05) is 33.8 Å². The van der Waals surface area contributed by atoms with Crippen LogP contribution in [0, 0.1) is 15.9 Å². The third-order valence-corrected chi connectivity index (χ3v) is 4.62. The van der Waals surface area contributed by atoms with Gasteiger partial charge in [-0.2, -0.15) is 4.39 Å². The molecule has 1 atom stereocenters. The largest absolute Gasteiger partial charge is 0.494 e. The fourth-order valence-corrected chi connectivity index (χ4v) is 3.18. The molecule has 7 nitrogen and oxygen atoms in total. The second kappa shape index (κ2) is 14.8. The Labute approximate surface area is 195 Å². The molecule has 0 aromatic heterocycles. The topological polar surface area (TPSA) is 87.9 Å². The van der Waals surface area contributed by atoms with Crippen molar-refractivity contribution in [2.45, 2.75) is 72.0 Å². The first kappa shape index (κ1) is 27.9. The number of halogens is 1. The summed E-state index contributed by atoms with van der Waals surface area (Å²) in [6.45, 7) is 11.5. The van der Waals surface area contributed by atoms with Gasteiger partial charge in [-0.1, -0.05) is 44.7 Å². The van der Waals surface area contributed by atoms with Crippen molar-refractivity contribution in [1.82, 2.24) is 0 Å². The Morgan fingerprint density at radius 3 is 2.73 bits per heavy atom. The van der Waals surface area contributed by atoms with Gasteiger partial charge in [0.15, 0.2) is 0 Å². The fourth-order valence-electron chi connectivity index (χ4n) is 3.18. The van der Waals surface area contributed by atoms with Crippen molar-refractivity contribution in [3.8, 4) is 5.75 Å². The van der Waals surface area contributed by atoms with Crippen LogP contribution in [0.1, 0.15) is 59.8 Å². The molecule has 2 rings (SSSR count). The third-order valence-electron chi connectivity index (χ3n) is 4.62. The number of hydrogen-bond acceptors (Lipinski definition) is 6. The molecule has 0 saturated carbocycles. The lowest BCUT2D eigenvalue weighted by molar-refractivity contribution is -0.388. The minimum Gasteiger partial charge on any atom is -0.494 e. The van der Waals surface area contributed by atoms with Crippen LogP contribution in [0.25, 0.3) is 0 Å². The lowest BCUT2D eigenvalue weighted by atomic mass is 9.98. The summed E-state index contributed by atoms with van der Waals surface area (Å²) in [6, 6.07) is 3.73. The van der Waals surface area contributed by atoms with Crippen LogP contribution in [0.4, 0.5) is 10.1 Å². The smallest absolute Gasteiger partial charge is 0.346 e. The van der Waals surface area contributed by atoms with Gasteiger partial charge >= 0.3 is 11.7 Å². The van der Waals surface area contributed by atoms with Crippen molar-refractivity contribution in [2.24, 2.45) is 0 Å². The number of benzene rings is 1. The van der Waals surface area contributed by atoms with E-state index in [-0.39, 0.29) is 30.5 Å². The maximum atomic E-state index is 13.6. The summed E-state index contributed by atoms with van der Waals surface area (Å²) >= 11 is 0. The molecular formula is C25H34FNO6. The average molecular weight is 464 g/mol. The van der Waals surface area contributed by atoms with E-state index in [2.05, 4.69) is 6.58 Å². The quantitative estimate of drug-likeness (QED) is 0.162. The Bertz CT molecular complexity index is 862. The molecule has 1 unspecified atom stereocenters. The van der Waals surface area contributed by atoms with E-state index in [1.54, 1.807) is 12.2 Å². The first-order valence-electron chi connectivity index (χ1n) is 11.2. The standard InChI is InChI=1S/C23H28FNO6.C2H6/c1-4-17-11-12-18(13-14-22(26)30-16(2)3)31-20(17)9-5-6-15-29-21-10-7-8-19(24)23(21)25(27)28;1-2/h4-8,10,16,18H,1,9,11-15H2,2-3H3;1-2H3/b6-5-;. The minimum atomic E-state index is -0.939. The molecule has 1 heterocycles. The molecule has 33 heavy (non-hydrogen) atoms. The second-order valence-corrected chi connectivity index (χ2v) is 7.34. The van der Waals surface area contributed by atoms with Crippen LogP contribution in [0.5, 0.6) is 5.75 Å². The average Bonchev–Trinajstić information content (AvgIpc) is 2.78. The van der Waals surface area contributed by atoms with E-state index >= 15 is 0 Å². The van der Waals surface area contributed by atoms with Gasteiger partial charge < -0.3 is 14.2 Å². The first-order valence-corrected chi connectivity index (χ1v) is 11.2. The molecule has 1 aromatic carbocycles. The highest BCUT2D eigenvalue weighted by molar-refractivity contribution is 5.69. The molecule has 8 heteroatoms. The highest BCUT2D eigenvalue weighted by atomic mass is 19.1. The molecule has 0 radical (unpaired) electrons. The van der Waals surface area contributed by atoms with Crippen LogP contribution in [-0.4, -0.2) is 29.7 Å². The molecule has 0 aliphatic carbocycles. The van der Waals surface area contributed by atoms with Gasteiger partial charge in [0, 0.05) is 12.8 Å². The van der Waals surface area contributed by atoms with Gasteiger partial charge in [0.05, 0.1) is 17.1 Å². The van der Waals surface area contributed by atoms with Crippen LogP contribution < -0.4 is 4.74 Å². The SMILES string of the molecule is C=CC1=C(C/C=C\COc2cccc(F)c2[N+](=O)[O-])OC(CCC(=O)OC(C)C)CC1.CC. The number of hydrogen-bond donors (Lipinski definition) is 0. The molecule has 1 aromatic rings. The number of ether oxygens (including phenoxy) is 3. The summed E-state index contributed by atoms with van der Waals surface area (Å²) in [5.41, 5.74) is 0.328. The molecule has 1 aliphatic rings. The molecule has 182 valence electrons. The van der Waals surface area contributed by atoms with Gasteiger partial charge in [0.2, 0.25) is 11.6 Å². The molecule has 0 amide bonds. The van der Waals surface area contributed by atoms with E-state index in [1.165, 1.54) is 12.1 Å². The van der Waals surface area contributed by atoms with Crippen LogP contribution in [0.2, 0.25) is 0 Å². The highest BCUT2D eigenvalue weighted by Crippen LogP contribution is 2.30. The summed E-state index contributed by atoms with van der Waals surface area (Å²) in [4.78, 5) is 21.9. The Kier molecular flexibility index (Phi) is 12.5. The minimum absolute atomic E-state index is 0.0471. The number of esters is 1. The van der Waals surface area contributed by atoms with Crippen LogP contribution >= 0.6 is 0 Å². The van der Waals surface area contributed by atoms with E-state index in [0.29, 0.717) is 19.3 Å². The van der Waals surface area contributed by atoms with Crippen LogP contribution in [-0.2, 0) is 14.3 Å². The highest BCUT2D eigenvalue weighted by Gasteiger charge is 2.22. The monoisotopic (exact) mass is 463 g/mol. The molecule has 0 bridgehead atoms. The fraction of sp³-hybridized carbons (Fsp3) is 0.480. The third kappa shape index (κ3) is 9.47. The second-order valence-electron chi connectivity index (χ2n) is 7.34. The van der Waals surface area contributed by atoms with Crippen molar-refractivity contribution in [2.75, 3.05) is 6.61 Å². The predicted octanol–water partition coefficient (Wildman–Crippen LogP) is 6.44. The number of nitro groups is 1. The molecule has 0 saturated heterocycles. The Balaban J connectivity index is 0.00000265. The van der Waals surface area contributed by atoms with E-state index < -0.39 is 16.4 Å². The van der Waals surface area contributed by atoms with Gasteiger partial charge in [0.1, 0.15) is 12.4 Å².